The molecule has 0 saturated heterocycles. The monoisotopic (exact) mass is 297 g/mol. The van der Waals surface area contributed by atoms with E-state index in [9.17, 15) is 9.59 Å². The molecule has 1 aromatic carbocycles. The Morgan fingerprint density at radius 1 is 1.10 bits per heavy atom. The van der Waals surface area contributed by atoms with Gasteiger partial charge in [0, 0.05) is 10.9 Å². The van der Waals surface area contributed by atoms with Gasteiger partial charge in [0.05, 0.1) is 16.9 Å². The molecular weight excluding hydrogens is 282 g/mol. The molecule has 4 heteroatoms. The van der Waals surface area contributed by atoms with Gasteiger partial charge in [-0.25, -0.2) is 0 Å². The van der Waals surface area contributed by atoms with Gasteiger partial charge in [-0.05, 0) is 36.1 Å². The third kappa shape index (κ3) is 2.67. The number of ketones is 1. The molecule has 106 valence electrons. The molecule has 3 rings (SSSR count). The summed E-state index contributed by atoms with van der Waals surface area (Å²) in [5.41, 5.74) is 0.653. The number of Topliss-reactive ketones (excluding diaryl/α,β-unsaturated/α-hetero) is 1. The van der Waals surface area contributed by atoms with Gasteiger partial charge in [0.15, 0.2) is 5.78 Å². The quantitative estimate of drug-likeness (QED) is 0.691. The van der Waals surface area contributed by atoms with Gasteiger partial charge in [0.2, 0.25) is 0 Å². The molecule has 0 radical (unpaired) electrons. The van der Waals surface area contributed by atoms with Crippen LogP contribution >= 0.6 is 11.3 Å². The number of carbonyl (C=O) groups is 1. The number of aromatic nitrogens is 1. The van der Waals surface area contributed by atoms with E-state index in [0.29, 0.717) is 4.88 Å². The standard InChI is InChI=1S/C17H15NO2S/c1-2-13-8-9-16(21-13)15(19)11-18-14-6-4-3-5-12(14)7-10-17(18)20/h3-10H,2,11H2,1H3. The molecular formula is C17H15NO2S. The Kier molecular flexibility index (Phi) is 3.71. The normalized spacial score (nSPS) is 10.9. The predicted octanol–water partition coefficient (Wildman–Crippen LogP) is 3.51. The molecule has 0 bridgehead atoms. The van der Waals surface area contributed by atoms with Crippen LogP contribution in [0.3, 0.4) is 0 Å². The second-order valence-electron chi connectivity index (χ2n) is 4.86. The minimum Gasteiger partial charge on any atom is -0.300 e. The van der Waals surface area contributed by atoms with E-state index in [1.165, 1.54) is 22.3 Å². The first-order chi connectivity index (χ1) is 10.2. The molecule has 0 atom stereocenters. The Hall–Kier alpha value is -2.20. The van der Waals surface area contributed by atoms with E-state index in [0.717, 1.165) is 17.3 Å². The van der Waals surface area contributed by atoms with E-state index in [-0.39, 0.29) is 17.9 Å². The number of benzene rings is 1. The minimum atomic E-state index is -0.144. The average molecular weight is 297 g/mol. The van der Waals surface area contributed by atoms with Gasteiger partial charge in [0.25, 0.3) is 5.56 Å². The van der Waals surface area contributed by atoms with Gasteiger partial charge < -0.3 is 4.57 Å². The highest BCUT2D eigenvalue weighted by atomic mass is 32.1. The number of para-hydroxylation sites is 1. The Bertz CT molecular complexity index is 860. The zero-order valence-corrected chi connectivity index (χ0v) is 12.5. The molecule has 2 aromatic heterocycles. The number of pyridine rings is 1. The first-order valence-corrected chi connectivity index (χ1v) is 7.71. The van der Waals surface area contributed by atoms with Gasteiger partial charge in [-0.2, -0.15) is 0 Å². The Morgan fingerprint density at radius 3 is 2.67 bits per heavy atom. The van der Waals surface area contributed by atoms with Crippen LogP contribution in [0.1, 0.15) is 21.5 Å². The summed E-state index contributed by atoms with van der Waals surface area (Å²) >= 11 is 1.51. The molecule has 0 N–H and O–H groups in total. The number of thiophene rings is 1. The van der Waals surface area contributed by atoms with Crippen LogP contribution in [0.15, 0.2) is 53.3 Å². The first kappa shape index (κ1) is 13.8. The summed E-state index contributed by atoms with van der Waals surface area (Å²) in [7, 11) is 0. The maximum atomic E-state index is 12.4. The van der Waals surface area contributed by atoms with Crippen LogP contribution in [0.2, 0.25) is 0 Å². The van der Waals surface area contributed by atoms with Crippen molar-refractivity contribution in [3.8, 4) is 0 Å². The lowest BCUT2D eigenvalue weighted by Crippen LogP contribution is -2.23. The van der Waals surface area contributed by atoms with Crippen molar-refractivity contribution in [3.63, 3.8) is 0 Å². The molecule has 0 aliphatic carbocycles. The van der Waals surface area contributed by atoms with E-state index in [1.54, 1.807) is 10.6 Å². The summed E-state index contributed by atoms with van der Waals surface area (Å²) in [5, 5.41) is 0.963. The fraction of sp³-hybridized carbons (Fsp3) is 0.176. The number of fused-ring (bicyclic) bond motifs is 1. The topological polar surface area (TPSA) is 39.1 Å². The Balaban J connectivity index is 1.99. The molecule has 3 nitrogen and oxygen atoms in total. The summed E-state index contributed by atoms with van der Waals surface area (Å²) in [6.45, 7) is 2.15. The van der Waals surface area contributed by atoms with Crippen LogP contribution in [-0.2, 0) is 13.0 Å². The molecule has 0 amide bonds. The van der Waals surface area contributed by atoms with Crippen molar-refractivity contribution in [3.05, 3.63) is 68.6 Å². The lowest BCUT2D eigenvalue weighted by atomic mass is 10.2. The number of hydrogen-bond donors (Lipinski definition) is 0. The van der Waals surface area contributed by atoms with Crippen molar-refractivity contribution in [2.24, 2.45) is 0 Å². The third-order valence-corrected chi connectivity index (χ3v) is 4.76. The number of nitrogens with zero attached hydrogens (tertiary/aromatic N) is 1. The highest BCUT2D eigenvalue weighted by Gasteiger charge is 2.12. The molecule has 0 aliphatic rings. The van der Waals surface area contributed by atoms with Crippen molar-refractivity contribution in [1.82, 2.24) is 4.57 Å². The smallest absolute Gasteiger partial charge is 0.251 e. The van der Waals surface area contributed by atoms with Crippen molar-refractivity contribution in [2.75, 3.05) is 0 Å². The van der Waals surface area contributed by atoms with Crippen LogP contribution in [0.5, 0.6) is 0 Å². The van der Waals surface area contributed by atoms with E-state index in [2.05, 4.69) is 6.92 Å². The summed E-state index contributed by atoms with van der Waals surface area (Å²) in [6.07, 6.45) is 0.923. The lowest BCUT2D eigenvalue weighted by Gasteiger charge is -2.08. The van der Waals surface area contributed by atoms with Gasteiger partial charge >= 0.3 is 0 Å². The van der Waals surface area contributed by atoms with Gasteiger partial charge in [-0.15, -0.1) is 11.3 Å². The number of rotatable bonds is 4. The number of aryl methyl sites for hydroxylation is 1. The average Bonchev–Trinajstić information content (AvgIpc) is 2.99. The van der Waals surface area contributed by atoms with Gasteiger partial charge in [0.1, 0.15) is 0 Å². The van der Waals surface area contributed by atoms with Crippen molar-refractivity contribution >= 4 is 28.0 Å². The molecule has 0 aliphatic heterocycles. The first-order valence-electron chi connectivity index (χ1n) is 6.89. The maximum absolute atomic E-state index is 12.4. The summed E-state index contributed by atoms with van der Waals surface area (Å²) in [4.78, 5) is 26.4. The van der Waals surface area contributed by atoms with Crippen LogP contribution < -0.4 is 5.56 Å². The van der Waals surface area contributed by atoms with E-state index in [1.807, 2.05) is 36.4 Å². The Labute approximate surface area is 126 Å². The fourth-order valence-corrected chi connectivity index (χ4v) is 3.22. The molecule has 2 heterocycles. The number of carbonyl (C=O) groups excluding carboxylic acids is 1. The van der Waals surface area contributed by atoms with Crippen LogP contribution in [0.4, 0.5) is 0 Å². The van der Waals surface area contributed by atoms with Crippen molar-refractivity contribution in [2.45, 2.75) is 19.9 Å². The predicted molar refractivity (Wildman–Crippen MR) is 86.2 cm³/mol. The highest BCUT2D eigenvalue weighted by molar-refractivity contribution is 7.14. The Morgan fingerprint density at radius 2 is 1.90 bits per heavy atom. The van der Waals surface area contributed by atoms with E-state index >= 15 is 0 Å². The maximum Gasteiger partial charge on any atom is 0.251 e. The van der Waals surface area contributed by atoms with Crippen LogP contribution in [-0.4, -0.2) is 10.4 Å². The number of hydrogen-bond acceptors (Lipinski definition) is 3. The minimum absolute atomic E-state index is 0.0156. The highest BCUT2D eigenvalue weighted by Crippen LogP contribution is 2.19. The lowest BCUT2D eigenvalue weighted by molar-refractivity contribution is 0.0976. The molecule has 0 saturated carbocycles. The van der Waals surface area contributed by atoms with Crippen LogP contribution in [0, 0.1) is 0 Å². The summed E-state index contributed by atoms with van der Waals surface area (Å²) < 4.78 is 1.54. The summed E-state index contributed by atoms with van der Waals surface area (Å²) in [6, 6.07) is 14.7. The molecule has 0 fully saturated rings. The third-order valence-electron chi connectivity index (χ3n) is 3.49. The van der Waals surface area contributed by atoms with Gasteiger partial charge in [-0.1, -0.05) is 25.1 Å². The zero-order chi connectivity index (χ0) is 14.8. The molecule has 0 unspecified atom stereocenters. The summed E-state index contributed by atoms with van der Waals surface area (Å²) in [5.74, 6) is -0.0156. The van der Waals surface area contributed by atoms with E-state index in [4.69, 9.17) is 0 Å². The molecule has 21 heavy (non-hydrogen) atoms. The van der Waals surface area contributed by atoms with Crippen LogP contribution in [0.25, 0.3) is 10.9 Å². The van der Waals surface area contributed by atoms with Crippen molar-refractivity contribution < 1.29 is 4.79 Å². The molecule has 0 spiro atoms. The zero-order valence-electron chi connectivity index (χ0n) is 11.7. The van der Waals surface area contributed by atoms with E-state index < -0.39 is 0 Å². The fourth-order valence-electron chi connectivity index (χ4n) is 2.35. The van der Waals surface area contributed by atoms with Crippen molar-refractivity contribution in [1.29, 1.82) is 0 Å². The molecule has 3 aromatic rings. The largest absolute Gasteiger partial charge is 0.300 e. The van der Waals surface area contributed by atoms with Gasteiger partial charge in [-0.3, -0.25) is 9.59 Å². The second-order valence-corrected chi connectivity index (χ2v) is 6.03. The second kappa shape index (κ2) is 5.66. The SMILES string of the molecule is CCc1ccc(C(=O)Cn2c(=O)ccc3ccccc32)s1.